The van der Waals surface area contributed by atoms with Crippen LogP contribution in [0.2, 0.25) is 0 Å². The molecule has 2 rings (SSSR count). The van der Waals surface area contributed by atoms with E-state index in [-0.39, 0.29) is 5.56 Å². The van der Waals surface area contributed by atoms with Gasteiger partial charge in [0, 0.05) is 18.4 Å². The lowest BCUT2D eigenvalue weighted by molar-refractivity contribution is -0.139. The predicted molar refractivity (Wildman–Crippen MR) is 51.0 cm³/mol. The molecule has 0 saturated carbocycles. The number of aryl methyl sites for hydroxylation is 1. The first-order valence-corrected chi connectivity index (χ1v) is 4.76. The number of hydrogen-bond acceptors (Lipinski definition) is 2. The summed E-state index contributed by atoms with van der Waals surface area (Å²) in [6, 6.07) is 1.47. The van der Waals surface area contributed by atoms with E-state index in [9.17, 15) is 9.59 Å². The highest BCUT2D eigenvalue weighted by atomic mass is 16.4. The SMILES string of the molecule is O=C(O)c1ccn2c1C(C(=O)O)CCC2. The van der Waals surface area contributed by atoms with Crippen molar-refractivity contribution in [1.29, 1.82) is 0 Å². The third-order valence-electron chi connectivity index (χ3n) is 2.76. The number of aliphatic carboxylic acids is 1. The van der Waals surface area contributed by atoms with Crippen LogP contribution in [0, 0.1) is 0 Å². The molecule has 0 saturated heterocycles. The third-order valence-corrected chi connectivity index (χ3v) is 2.76. The summed E-state index contributed by atoms with van der Waals surface area (Å²) in [4.78, 5) is 21.9. The summed E-state index contributed by atoms with van der Waals surface area (Å²) in [5, 5.41) is 17.9. The maximum absolute atomic E-state index is 11.0. The van der Waals surface area contributed by atoms with Gasteiger partial charge in [-0.2, -0.15) is 0 Å². The van der Waals surface area contributed by atoms with Gasteiger partial charge in [0.25, 0.3) is 0 Å². The Balaban J connectivity index is 2.52. The maximum Gasteiger partial charge on any atom is 0.337 e. The fourth-order valence-corrected chi connectivity index (χ4v) is 2.09. The molecule has 5 heteroatoms. The van der Waals surface area contributed by atoms with Crippen LogP contribution in [-0.4, -0.2) is 26.7 Å². The summed E-state index contributed by atoms with van der Waals surface area (Å²) < 4.78 is 1.73. The first-order valence-electron chi connectivity index (χ1n) is 4.76. The number of aromatic carboxylic acids is 1. The van der Waals surface area contributed by atoms with Crippen LogP contribution in [0.15, 0.2) is 12.3 Å². The molecule has 5 nitrogen and oxygen atoms in total. The highest BCUT2D eigenvalue weighted by Crippen LogP contribution is 2.30. The monoisotopic (exact) mass is 209 g/mol. The van der Waals surface area contributed by atoms with Gasteiger partial charge in [0.1, 0.15) is 0 Å². The fraction of sp³-hybridized carbons (Fsp3) is 0.400. The number of carboxylic acid groups (broad SMARTS) is 2. The first-order chi connectivity index (χ1) is 7.11. The molecule has 15 heavy (non-hydrogen) atoms. The molecule has 2 N–H and O–H groups in total. The lowest BCUT2D eigenvalue weighted by Crippen LogP contribution is -2.23. The van der Waals surface area contributed by atoms with E-state index in [1.54, 1.807) is 10.8 Å². The minimum Gasteiger partial charge on any atom is -0.481 e. The molecular weight excluding hydrogens is 198 g/mol. The van der Waals surface area contributed by atoms with Crippen molar-refractivity contribution < 1.29 is 19.8 Å². The number of aromatic nitrogens is 1. The van der Waals surface area contributed by atoms with Crippen LogP contribution >= 0.6 is 0 Å². The predicted octanol–water partition coefficient (Wildman–Crippen LogP) is 1.15. The Morgan fingerprint density at radius 1 is 1.40 bits per heavy atom. The molecule has 1 aliphatic rings. The second-order valence-corrected chi connectivity index (χ2v) is 3.65. The van der Waals surface area contributed by atoms with E-state index in [2.05, 4.69) is 0 Å². The van der Waals surface area contributed by atoms with E-state index in [0.29, 0.717) is 18.7 Å². The van der Waals surface area contributed by atoms with Crippen LogP contribution in [-0.2, 0) is 11.3 Å². The van der Waals surface area contributed by atoms with Gasteiger partial charge in [0.05, 0.1) is 11.5 Å². The number of hydrogen-bond donors (Lipinski definition) is 2. The van der Waals surface area contributed by atoms with E-state index < -0.39 is 17.9 Å². The van der Waals surface area contributed by atoms with Gasteiger partial charge >= 0.3 is 11.9 Å². The van der Waals surface area contributed by atoms with Crippen molar-refractivity contribution >= 4 is 11.9 Å². The first kappa shape index (κ1) is 9.76. The van der Waals surface area contributed by atoms with Crippen LogP contribution in [0.1, 0.15) is 34.8 Å². The minimum absolute atomic E-state index is 0.113. The van der Waals surface area contributed by atoms with Crippen molar-refractivity contribution in [1.82, 2.24) is 4.57 Å². The Morgan fingerprint density at radius 2 is 2.13 bits per heavy atom. The summed E-state index contributed by atoms with van der Waals surface area (Å²) in [7, 11) is 0. The average molecular weight is 209 g/mol. The van der Waals surface area contributed by atoms with Crippen molar-refractivity contribution in [2.45, 2.75) is 25.3 Å². The summed E-state index contributed by atoms with van der Waals surface area (Å²) in [5.41, 5.74) is 0.545. The van der Waals surface area contributed by atoms with Crippen molar-refractivity contribution in [2.75, 3.05) is 0 Å². The molecule has 2 heterocycles. The lowest BCUT2D eigenvalue weighted by atomic mass is 9.93. The largest absolute Gasteiger partial charge is 0.481 e. The molecule has 80 valence electrons. The summed E-state index contributed by atoms with van der Waals surface area (Å²) in [6.45, 7) is 0.701. The molecule has 1 unspecified atom stereocenters. The lowest BCUT2D eigenvalue weighted by Gasteiger charge is -2.22. The van der Waals surface area contributed by atoms with Gasteiger partial charge in [-0.15, -0.1) is 0 Å². The maximum atomic E-state index is 11.0. The fourth-order valence-electron chi connectivity index (χ4n) is 2.09. The van der Waals surface area contributed by atoms with Crippen molar-refractivity contribution in [3.05, 3.63) is 23.5 Å². The standard InChI is InChI=1S/C10H11NO4/c12-9(13)6-2-1-4-11-5-3-7(8(6)11)10(14)15/h3,5-6H,1-2,4H2,(H,12,13)(H,14,15). The van der Waals surface area contributed by atoms with E-state index in [0.717, 1.165) is 6.42 Å². The smallest absolute Gasteiger partial charge is 0.337 e. The van der Waals surface area contributed by atoms with Crippen molar-refractivity contribution in [2.24, 2.45) is 0 Å². The molecule has 0 bridgehead atoms. The molecule has 0 radical (unpaired) electrons. The molecule has 0 aliphatic carbocycles. The van der Waals surface area contributed by atoms with Crippen LogP contribution < -0.4 is 0 Å². The van der Waals surface area contributed by atoms with Gasteiger partial charge in [0.15, 0.2) is 0 Å². The quantitative estimate of drug-likeness (QED) is 0.765. The van der Waals surface area contributed by atoms with Gasteiger partial charge in [-0.25, -0.2) is 4.79 Å². The Bertz CT molecular complexity index is 421. The van der Waals surface area contributed by atoms with Crippen LogP contribution in [0.3, 0.4) is 0 Å². The van der Waals surface area contributed by atoms with Gasteiger partial charge in [0.2, 0.25) is 0 Å². The molecule has 1 aromatic rings. The molecule has 1 aromatic heterocycles. The minimum atomic E-state index is -1.06. The Hall–Kier alpha value is -1.78. The van der Waals surface area contributed by atoms with Gasteiger partial charge in [-0.1, -0.05) is 0 Å². The van der Waals surface area contributed by atoms with Crippen LogP contribution in [0.25, 0.3) is 0 Å². The Labute approximate surface area is 85.9 Å². The number of nitrogens with zero attached hydrogens (tertiary/aromatic N) is 1. The molecule has 0 spiro atoms. The van der Waals surface area contributed by atoms with Crippen molar-refractivity contribution in [3.8, 4) is 0 Å². The van der Waals surface area contributed by atoms with Crippen LogP contribution in [0.5, 0.6) is 0 Å². The van der Waals surface area contributed by atoms with Gasteiger partial charge in [-0.3, -0.25) is 4.79 Å². The van der Waals surface area contributed by atoms with Crippen molar-refractivity contribution in [3.63, 3.8) is 0 Å². The van der Waals surface area contributed by atoms with E-state index in [1.807, 2.05) is 0 Å². The second-order valence-electron chi connectivity index (χ2n) is 3.65. The van der Waals surface area contributed by atoms with Crippen LogP contribution in [0.4, 0.5) is 0 Å². The number of rotatable bonds is 2. The molecular formula is C10H11NO4. The number of carbonyl (C=O) groups is 2. The summed E-state index contributed by atoms with van der Waals surface area (Å²) >= 11 is 0. The molecule has 0 fully saturated rings. The second kappa shape index (κ2) is 3.42. The molecule has 1 aliphatic heterocycles. The third kappa shape index (κ3) is 1.49. The zero-order valence-corrected chi connectivity index (χ0v) is 8.01. The zero-order valence-electron chi connectivity index (χ0n) is 8.01. The normalized spacial score (nSPS) is 19.6. The number of carboxylic acids is 2. The molecule has 0 aromatic carbocycles. The highest BCUT2D eigenvalue weighted by molar-refractivity contribution is 5.91. The molecule has 1 atom stereocenters. The molecule has 0 amide bonds. The highest BCUT2D eigenvalue weighted by Gasteiger charge is 2.31. The van der Waals surface area contributed by atoms with Gasteiger partial charge in [-0.05, 0) is 18.9 Å². The zero-order chi connectivity index (χ0) is 11.0. The van der Waals surface area contributed by atoms with E-state index in [1.165, 1.54) is 6.07 Å². The van der Waals surface area contributed by atoms with Gasteiger partial charge < -0.3 is 14.8 Å². The number of fused-ring (bicyclic) bond motifs is 1. The van der Waals surface area contributed by atoms with E-state index >= 15 is 0 Å². The Morgan fingerprint density at radius 3 is 2.73 bits per heavy atom. The average Bonchev–Trinajstić information content (AvgIpc) is 2.60. The van der Waals surface area contributed by atoms with E-state index in [4.69, 9.17) is 10.2 Å². The topological polar surface area (TPSA) is 79.5 Å². The summed E-state index contributed by atoms with van der Waals surface area (Å²) in [5.74, 6) is -2.69. The Kier molecular flexibility index (Phi) is 2.22. The summed E-state index contributed by atoms with van der Waals surface area (Å²) in [6.07, 6.45) is 2.94.